The van der Waals surface area contributed by atoms with Crippen molar-refractivity contribution in [3.05, 3.63) is 64.1 Å². The Balaban J connectivity index is 1.94. The number of unbranched alkanes of at least 4 members (excludes halogenated alkanes) is 1. The van der Waals surface area contributed by atoms with Crippen molar-refractivity contribution in [3.63, 3.8) is 0 Å². The van der Waals surface area contributed by atoms with Crippen LogP contribution in [0.3, 0.4) is 0 Å². The molecule has 0 radical (unpaired) electrons. The number of amides is 2. The highest BCUT2D eigenvalue weighted by atomic mass is 79.9. The maximum Gasteiger partial charge on any atom is 0.257 e. The van der Waals surface area contributed by atoms with Gasteiger partial charge < -0.3 is 10.6 Å². The Kier molecular flexibility index (Phi) is 7.74. The van der Waals surface area contributed by atoms with E-state index in [1.807, 2.05) is 0 Å². The molecule has 2 rings (SSSR count). The van der Waals surface area contributed by atoms with E-state index in [2.05, 4.69) is 38.8 Å². The van der Waals surface area contributed by atoms with Gasteiger partial charge in [-0.15, -0.1) is 0 Å². The molecule has 0 unspecified atom stereocenters. The van der Waals surface area contributed by atoms with Gasteiger partial charge in [-0.1, -0.05) is 35.3 Å². The molecule has 26 heavy (non-hydrogen) atoms. The number of carbonyl (C=O) groups is 2. The molecule has 0 aliphatic rings. The van der Waals surface area contributed by atoms with Crippen molar-refractivity contribution in [3.8, 4) is 0 Å². The van der Waals surface area contributed by atoms with E-state index in [9.17, 15) is 9.59 Å². The molecule has 0 atom stereocenters. The van der Waals surface area contributed by atoms with Crippen LogP contribution in [-0.2, 0) is 0 Å². The third-order valence-corrected chi connectivity index (χ3v) is 4.26. The van der Waals surface area contributed by atoms with Gasteiger partial charge in [0.25, 0.3) is 11.8 Å². The van der Waals surface area contributed by atoms with Gasteiger partial charge in [-0.25, -0.2) is 0 Å². The second kappa shape index (κ2) is 10.0. The first kappa shape index (κ1) is 20.1. The second-order valence-corrected chi connectivity index (χ2v) is 6.93. The third kappa shape index (κ3) is 6.24. The fourth-order valence-electron chi connectivity index (χ4n) is 2.16. The van der Waals surface area contributed by atoms with Crippen LogP contribution < -0.4 is 16.0 Å². The summed E-state index contributed by atoms with van der Waals surface area (Å²) in [4.78, 5) is 24.3. The predicted octanol–water partition coefficient (Wildman–Crippen LogP) is 4.11. The molecular weight excluding hydrogens is 414 g/mol. The molecule has 0 spiro atoms. The molecule has 5 nitrogen and oxygen atoms in total. The lowest BCUT2D eigenvalue weighted by Crippen LogP contribution is -2.34. The molecule has 0 saturated heterocycles. The van der Waals surface area contributed by atoms with Crippen LogP contribution in [0.2, 0.25) is 0 Å². The Morgan fingerprint density at radius 3 is 2.46 bits per heavy atom. The summed E-state index contributed by atoms with van der Waals surface area (Å²) in [5.41, 5.74) is 1.67. The van der Waals surface area contributed by atoms with E-state index < -0.39 is 0 Å². The van der Waals surface area contributed by atoms with Gasteiger partial charge >= 0.3 is 0 Å². The van der Waals surface area contributed by atoms with E-state index >= 15 is 0 Å². The van der Waals surface area contributed by atoms with Crippen LogP contribution in [0.15, 0.2) is 53.0 Å². The Bertz CT molecular complexity index is 794. The first-order valence-electron chi connectivity index (χ1n) is 8.25. The Hall–Kier alpha value is -2.25. The summed E-state index contributed by atoms with van der Waals surface area (Å²) >= 11 is 8.51. The summed E-state index contributed by atoms with van der Waals surface area (Å²) in [5.74, 6) is -0.435. The lowest BCUT2D eigenvalue weighted by Gasteiger charge is -2.11. The molecule has 136 valence electrons. The van der Waals surface area contributed by atoms with Crippen LogP contribution in [0.4, 0.5) is 5.69 Å². The summed E-state index contributed by atoms with van der Waals surface area (Å²) in [7, 11) is 0. The largest absolute Gasteiger partial charge is 0.352 e. The molecule has 0 aromatic heterocycles. The highest BCUT2D eigenvalue weighted by Crippen LogP contribution is 2.12. The quantitative estimate of drug-likeness (QED) is 0.473. The van der Waals surface area contributed by atoms with Gasteiger partial charge in [0.05, 0.1) is 0 Å². The van der Waals surface area contributed by atoms with Crippen molar-refractivity contribution in [1.29, 1.82) is 0 Å². The van der Waals surface area contributed by atoms with E-state index in [-0.39, 0.29) is 16.9 Å². The van der Waals surface area contributed by atoms with Crippen molar-refractivity contribution in [2.24, 2.45) is 0 Å². The number of anilines is 1. The van der Waals surface area contributed by atoms with Gasteiger partial charge in [0, 0.05) is 27.8 Å². The molecule has 0 fully saturated rings. The van der Waals surface area contributed by atoms with Crippen LogP contribution in [0, 0.1) is 0 Å². The molecule has 0 bridgehead atoms. The molecule has 2 aromatic rings. The summed E-state index contributed by atoms with van der Waals surface area (Å²) in [6, 6.07) is 13.9. The van der Waals surface area contributed by atoms with E-state index in [1.54, 1.807) is 48.5 Å². The van der Waals surface area contributed by atoms with Gasteiger partial charge in [-0.3, -0.25) is 14.9 Å². The van der Waals surface area contributed by atoms with Crippen LogP contribution in [0.25, 0.3) is 0 Å². The molecule has 7 heteroatoms. The highest BCUT2D eigenvalue weighted by Gasteiger charge is 2.09. The van der Waals surface area contributed by atoms with Crippen molar-refractivity contribution < 1.29 is 9.59 Å². The molecule has 0 aliphatic heterocycles. The minimum absolute atomic E-state index is 0.132. The van der Waals surface area contributed by atoms with Gasteiger partial charge in [-0.05, 0) is 61.1 Å². The number of thiocarbonyl (C=S) groups is 1. The minimum Gasteiger partial charge on any atom is -0.352 e. The number of nitrogens with one attached hydrogen (secondary N) is 3. The van der Waals surface area contributed by atoms with Crippen molar-refractivity contribution in [1.82, 2.24) is 10.6 Å². The number of hydrogen-bond acceptors (Lipinski definition) is 3. The average molecular weight is 434 g/mol. The van der Waals surface area contributed by atoms with Crippen molar-refractivity contribution in [2.45, 2.75) is 19.8 Å². The third-order valence-electron chi connectivity index (χ3n) is 3.53. The molecule has 3 N–H and O–H groups in total. The molecule has 2 aromatic carbocycles. The van der Waals surface area contributed by atoms with Gasteiger partial charge in [0.1, 0.15) is 0 Å². The standard InChI is InChI=1S/C19H20BrN3O2S/c1-2-3-11-21-17(24)14-5-4-6-16(12-14)22-19(26)23-18(25)13-7-9-15(20)10-8-13/h4-10,12H,2-3,11H2,1H3,(H,21,24)(H2,22,23,25,26). The smallest absolute Gasteiger partial charge is 0.257 e. The zero-order valence-electron chi connectivity index (χ0n) is 14.3. The zero-order valence-corrected chi connectivity index (χ0v) is 16.7. The van der Waals surface area contributed by atoms with E-state index in [0.717, 1.165) is 17.3 Å². The lowest BCUT2D eigenvalue weighted by molar-refractivity contribution is 0.0950. The van der Waals surface area contributed by atoms with Crippen LogP contribution in [0.5, 0.6) is 0 Å². The normalized spacial score (nSPS) is 10.1. The van der Waals surface area contributed by atoms with Gasteiger partial charge in [0.15, 0.2) is 5.11 Å². The fraction of sp³-hybridized carbons (Fsp3) is 0.211. The zero-order chi connectivity index (χ0) is 18.9. The number of carbonyl (C=O) groups excluding carboxylic acids is 2. The van der Waals surface area contributed by atoms with E-state index in [0.29, 0.717) is 23.4 Å². The van der Waals surface area contributed by atoms with Crippen molar-refractivity contribution >= 4 is 50.8 Å². The van der Waals surface area contributed by atoms with Crippen molar-refractivity contribution in [2.75, 3.05) is 11.9 Å². The Morgan fingerprint density at radius 2 is 1.77 bits per heavy atom. The molecule has 0 heterocycles. The van der Waals surface area contributed by atoms with E-state index in [1.165, 1.54) is 0 Å². The van der Waals surface area contributed by atoms with Gasteiger partial charge in [0.2, 0.25) is 0 Å². The minimum atomic E-state index is -0.302. The summed E-state index contributed by atoms with van der Waals surface area (Å²) in [5, 5.41) is 8.58. The Morgan fingerprint density at radius 1 is 1.04 bits per heavy atom. The average Bonchev–Trinajstić information content (AvgIpc) is 2.62. The maximum atomic E-state index is 12.2. The van der Waals surface area contributed by atoms with Crippen LogP contribution in [0.1, 0.15) is 40.5 Å². The number of rotatable bonds is 6. The molecule has 0 saturated carbocycles. The first-order valence-corrected chi connectivity index (χ1v) is 9.46. The Labute approximate surface area is 166 Å². The number of halogens is 1. The predicted molar refractivity (Wildman–Crippen MR) is 112 cm³/mol. The SMILES string of the molecule is CCCCNC(=O)c1cccc(NC(=S)NC(=O)c2ccc(Br)cc2)c1. The molecular formula is C19H20BrN3O2S. The monoisotopic (exact) mass is 433 g/mol. The highest BCUT2D eigenvalue weighted by molar-refractivity contribution is 9.10. The van der Waals surface area contributed by atoms with E-state index in [4.69, 9.17) is 12.2 Å². The number of benzene rings is 2. The van der Waals surface area contributed by atoms with Crippen LogP contribution >= 0.6 is 28.1 Å². The number of hydrogen-bond donors (Lipinski definition) is 3. The summed E-state index contributed by atoms with van der Waals surface area (Å²) in [6.45, 7) is 2.72. The summed E-state index contributed by atoms with van der Waals surface area (Å²) < 4.78 is 0.892. The molecule has 2 amide bonds. The first-order chi connectivity index (χ1) is 12.5. The second-order valence-electron chi connectivity index (χ2n) is 5.61. The van der Waals surface area contributed by atoms with Gasteiger partial charge in [-0.2, -0.15) is 0 Å². The maximum absolute atomic E-state index is 12.2. The molecule has 0 aliphatic carbocycles. The van der Waals surface area contributed by atoms with Crippen LogP contribution in [-0.4, -0.2) is 23.5 Å². The topological polar surface area (TPSA) is 70.2 Å². The summed E-state index contributed by atoms with van der Waals surface area (Å²) in [6.07, 6.45) is 1.96. The fourth-order valence-corrected chi connectivity index (χ4v) is 2.63. The lowest BCUT2D eigenvalue weighted by atomic mass is 10.2.